The summed E-state index contributed by atoms with van der Waals surface area (Å²) in [6.07, 6.45) is 0. The first kappa shape index (κ1) is 16.6. The zero-order valence-corrected chi connectivity index (χ0v) is 14.6. The zero-order valence-electron chi connectivity index (χ0n) is 13.1. The van der Waals surface area contributed by atoms with Crippen LogP contribution in [0, 0.1) is 5.82 Å². The topological polar surface area (TPSA) is 80.9 Å². The quantitative estimate of drug-likeness (QED) is 0.533. The molecule has 9 heteroatoms. The highest BCUT2D eigenvalue weighted by Crippen LogP contribution is 2.22. The predicted octanol–water partition coefficient (Wildman–Crippen LogP) is 4.07. The average molecular weight is 389 g/mol. The number of pyridine rings is 1. The summed E-state index contributed by atoms with van der Waals surface area (Å²) in [4.78, 5) is 21.6. The van der Waals surface area contributed by atoms with Crippen LogP contribution in [0.2, 0.25) is 5.15 Å². The lowest BCUT2D eigenvalue weighted by atomic mass is 10.1. The van der Waals surface area contributed by atoms with Crippen LogP contribution in [0.5, 0.6) is 0 Å². The van der Waals surface area contributed by atoms with Crippen LogP contribution in [0.25, 0.3) is 21.6 Å². The molecule has 4 rings (SSSR count). The summed E-state index contributed by atoms with van der Waals surface area (Å²) in [5.41, 5.74) is 0.563. The van der Waals surface area contributed by atoms with E-state index in [4.69, 9.17) is 16.1 Å². The fourth-order valence-electron chi connectivity index (χ4n) is 2.36. The average Bonchev–Trinajstić information content (AvgIpc) is 3.30. The monoisotopic (exact) mass is 388 g/mol. The molecule has 3 heterocycles. The number of thiophene rings is 1. The number of benzene rings is 1. The Kier molecular flexibility index (Phi) is 4.36. The SMILES string of the molecule is O=C(NCc1nc(-c2cccs2)no1)c1cc2ccc(F)cc2nc1Cl. The van der Waals surface area contributed by atoms with Crippen LogP contribution in [0.15, 0.2) is 46.3 Å². The summed E-state index contributed by atoms with van der Waals surface area (Å²) >= 11 is 7.55. The lowest BCUT2D eigenvalue weighted by molar-refractivity contribution is 0.0946. The van der Waals surface area contributed by atoms with Gasteiger partial charge in [-0.3, -0.25) is 4.79 Å². The Morgan fingerprint density at radius 3 is 2.96 bits per heavy atom. The molecule has 0 aliphatic rings. The molecular weight excluding hydrogens is 379 g/mol. The Morgan fingerprint density at radius 2 is 2.15 bits per heavy atom. The van der Waals surface area contributed by atoms with E-state index in [2.05, 4.69) is 20.4 Å². The smallest absolute Gasteiger partial charge is 0.254 e. The molecule has 1 N–H and O–H groups in total. The number of carbonyl (C=O) groups is 1. The fraction of sp³-hybridized carbons (Fsp3) is 0.0588. The normalized spacial score (nSPS) is 11.0. The Hall–Kier alpha value is -2.84. The van der Waals surface area contributed by atoms with E-state index >= 15 is 0 Å². The van der Waals surface area contributed by atoms with E-state index in [1.165, 1.54) is 29.5 Å². The second-order valence-electron chi connectivity index (χ2n) is 5.34. The van der Waals surface area contributed by atoms with Crippen LogP contribution >= 0.6 is 22.9 Å². The second-order valence-corrected chi connectivity index (χ2v) is 6.64. The van der Waals surface area contributed by atoms with Crippen LogP contribution in [-0.4, -0.2) is 21.0 Å². The molecular formula is C17H10ClFN4O2S. The molecule has 26 heavy (non-hydrogen) atoms. The highest BCUT2D eigenvalue weighted by molar-refractivity contribution is 7.13. The number of nitrogens with zero attached hydrogens (tertiary/aromatic N) is 3. The zero-order chi connectivity index (χ0) is 18.1. The molecule has 4 aromatic rings. The number of halogens is 2. The third kappa shape index (κ3) is 3.29. The minimum absolute atomic E-state index is 0.00889. The van der Waals surface area contributed by atoms with Gasteiger partial charge in [0.15, 0.2) is 0 Å². The summed E-state index contributed by atoms with van der Waals surface area (Å²) in [7, 11) is 0. The maximum Gasteiger partial charge on any atom is 0.254 e. The minimum atomic E-state index is -0.440. The first-order valence-corrected chi connectivity index (χ1v) is 8.76. The van der Waals surface area contributed by atoms with E-state index in [-0.39, 0.29) is 23.2 Å². The number of rotatable bonds is 4. The van der Waals surface area contributed by atoms with Gasteiger partial charge in [0.05, 0.1) is 22.5 Å². The molecule has 6 nitrogen and oxygen atoms in total. The Balaban J connectivity index is 1.51. The van der Waals surface area contributed by atoms with E-state index in [1.807, 2.05) is 17.5 Å². The number of hydrogen-bond acceptors (Lipinski definition) is 6. The standard InChI is InChI=1S/C17H10ClFN4O2S/c18-15-11(6-9-3-4-10(19)7-12(9)21-15)17(24)20-8-14-22-16(23-25-14)13-2-1-5-26-13/h1-7H,8H2,(H,20,24). The first-order valence-electron chi connectivity index (χ1n) is 7.50. The van der Waals surface area contributed by atoms with Crippen molar-refractivity contribution < 1.29 is 13.7 Å². The van der Waals surface area contributed by atoms with Crippen molar-refractivity contribution in [3.63, 3.8) is 0 Å². The number of fused-ring (bicyclic) bond motifs is 1. The maximum absolute atomic E-state index is 13.3. The summed E-state index contributed by atoms with van der Waals surface area (Å²) in [6.45, 7) is 0.0506. The van der Waals surface area contributed by atoms with Crippen molar-refractivity contribution in [3.05, 3.63) is 64.2 Å². The molecule has 0 atom stereocenters. The Labute approximate surface area is 155 Å². The van der Waals surface area contributed by atoms with Gasteiger partial charge < -0.3 is 9.84 Å². The molecule has 0 radical (unpaired) electrons. The van der Waals surface area contributed by atoms with Gasteiger partial charge in [-0.2, -0.15) is 4.98 Å². The van der Waals surface area contributed by atoms with Gasteiger partial charge in [0.2, 0.25) is 11.7 Å². The lowest BCUT2D eigenvalue weighted by Gasteiger charge is -2.06. The summed E-state index contributed by atoms with van der Waals surface area (Å²) in [5, 5.41) is 9.05. The van der Waals surface area contributed by atoms with Crippen LogP contribution in [0.4, 0.5) is 4.39 Å². The molecule has 0 aliphatic heterocycles. The van der Waals surface area contributed by atoms with Crippen molar-refractivity contribution in [2.45, 2.75) is 6.54 Å². The van der Waals surface area contributed by atoms with Gasteiger partial charge in [0, 0.05) is 11.5 Å². The number of amides is 1. The minimum Gasteiger partial charge on any atom is -0.343 e. The molecule has 0 aliphatic carbocycles. The highest BCUT2D eigenvalue weighted by Gasteiger charge is 2.15. The molecule has 0 spiro atoms. The molecule has 0 bridgehead atoms. The third-order valence-corrected chi connectivity index (χ3v) is 4.74. The second kappa shape index (κ2) is 6.81. The third-order valence-electron chi connectivity index (χ3n) is 3.59. The van der Waals surface area contributed by atoms with Crippen LogP contribution in [-0.2, 0) is 6.54 Å². The summed E-state index contributed by atoms with van der Waals surface area (Å²) in [6, 6.07) is 9.41. The number of carbonyl (C=O) groups excluding carboxylic acids is 1. The molecule has 3 aromatic heterocycles. The maximum atomic E-state index is 13.3. The highest BCUT2D eigenvalue weighted by atomic mass is 35.5. The number of hydrogen-bond donors (Lipinski definition) is 1. The van der Waals surface area contributed by atoms with E-state index < -0.39 is 11.7 Å². The van der Waals surface area contributed by atoms with Crippen molar-refractivity contribution in [2.24, 2.45) is 0 Å². The van der Waals surface area contributed by atoms with E-state index in [0.717, 1.165) is 4.88 Å². The van der Waals surface area contributed by atoms with Crippen molar-refractivity contribution in [1.29, 1.82) is 0 Å². The molecule has 0 unspecified atom stereocenters. The Bertz CT molecular complexity index is 1100. The predicted molar refractivity (Wildman–Crippen MR) is 95.5 cm³/mol. The van der Waals surface area contributed by atoms with E-state index in [0.29, 0.717) is 16.7 Å². The Morgan fingerprint density at radius 1 is 1.27 bits per heavy atom. The van der Waals surface area contributed by atoms with Crippen molar-refractivity contribution in [1.82, 2.24) is 20.4 Å². The largest absolute Gasteiger partial charge is 0.343 e. The molecule has 0 fully saturated rings. The van der Waals surface area contributed by atoms with Crippen molar-refractivity contribution in [2.75, 3.05) is 0 Å². The van der Waals surface area contributed by atoms with Gasteiger partial charge in [0.25, 0.3) is 5.91 Å². The van der Waals surface area contributed by atoms with Gasteiger partial charge in [0.1, 0.15) is 11.0 Å². The van der Waals surface area contributed by atoms with Gasteiger partial charge in [-0.05, 0) is 29.6 Å². The summed E-state index contributed by atoms with van der Waals surface area (Å²) < 4.78 is 18.4. The number of aromatic nitrogens is 3. The van der Waals surface area contributed by atoms with Crippen molar-refractivity contribution >= 4 is 39.7 Å². The van der Waals surface area contributed by atoms with Gasteiger partial charge in [-0.15, -0.1) is 11.3 Å². The van der Waals surface area contributed by atoms with Crippen LogP contribution in [0.3, 0.4) is 0 Å². The lowest BCUT2D eigenvalue weighted by Crippen LogP contribution is -2.23. The van der Waals surface area contributed by atoms with Gasteiger partial charge in [-0.1, -0.05) is 22.8 Å². The van der Waals surface area contributed by atoms with Gasteiger partial charge in [-0.25, -0.2) is 9.37 Å². The number of nitrogens with one attached hydrogen (secondary N) is 1. The van der Waals surface area contributed by atoms with Crippen LogP contribution < -0.4 is 5.32 Å². The molecule has 0 saturated heterocycles. The van der Waals surface area contributed by atoms with Gasteiger partial charge >= 0.3 is 0 Å². The van der Waals surface area contributed by atoms with Crippen molar-refractivity contribution in [3.8, 4) is 10.7 Å². The van der Waals surface area contributed by atoms with E-state index in [1.54, 1.807) is 6.07 Å². The molecule has 0 saturated carbocycles. The van der Waals surface area contributed by atoms with Crippen LogP contribution in [0.1, 0.15) is 16.2 Å². The first-order chi connectivity index (χ1) is 12.6. The fourth-order valence-corrected chi connectivity index (χ4v) is 3.24. The summed E-state index contributed by atoms with van der Waals surface area (Å²) in [5.74, 6) is -0.119. The molecule has 130 valence electrons. The molecule has 1 amide bonds. The molecule has 1 aromatic carbocycles. The van der Waals surface area contributed by atoms with E-state index in [9.17, 15) is 9.18 Å².